The van der Waals surface area contributed by atoms with Crippen LogP contribution in [0.15, 0.2) is 18.2 Å². The van der Waals surface area contributed by atoms with Crippen LogP contribution in [-0.4, -0.2) is 28.9 Å². The summed E-state index contributed by atoms with van der Waals surface area (Å²) in [7, 11) is 1.98. The van der Waals surface area contributed by atoms with Gasteiger partial charge < -0.3 is 15.1 Å². The Bertz CT molecular complexity index is 382. The predicted octanol–water partition coefficient (Wildman–Crippen LogP) is 1.52. The lowest BCUT2D eigenvalue weighted by Crippen LogP contribution is -2.46. The van der Waals surface area contributed by atoms with Crippen molar-refractivity contribution in [3.05, 3.63) is 23.8 Å². The number of phenols is 1. The average molecular weight is 207 g/mol. The van der Waals surface area contributed by atoms with E-state index in [1.54, 1.807) is 12.1 Å². The van der Waals surface area contributed by atoms with Crippen molar-refractivity contribution >= 4 is 5.69 Å². The van der Waals surface area contributed by atoms with Crippen molar-refractivity contribution in [2.24, 2.45) is 0 Å². The zero-order valence-corrected chi connectivity index (χ0v) is 9.36. The van der Waals surface area contributed by atoms with Crippen LogP contribution in [0.3, 0.4) is 0 Å². The fraction of sp³-hybridized carbons (Fsp3) is 0.500. The molecule has 1 aromatic carbocycles. The largest absolute Gasteiger partial charge is 0.508 e. The zero-order valence-electron chi connectivity index (χ0n) is 9.36. The van der Waals surface area contributed by atoms with Crippen LogP contribution in [-0.2, 0) is 6.42 Å². The van der Waals surface area contributed by atoms with Crippen molar-refractivity contribution in [2.45, 2.75) is 31.9 Å². The number of aromatic hydroxyl groups is 1. The maximum atomic E-state index is 10.0. The minimum absolute atomic E-state index is 0.0781. The quantitative estimate of drug-likeness (QED) is 0.734. The Morgan fingerprint density at radius 2 is 2.07 bits per heavy atom. The Labute approximate surface area is 90.0 Å². The van der Waals surface area contributed by atoms with E-state index >= 15 is 0 Å². The summed E-state index contributed by atoms with van der Waals surface area (Å²) >= 11 is 0. The summed E-state index contributed by atoms with van der Waals surface area (Å²) < 4.78 is 0. The number of hydrogen-bond acceptors (Lipinski definition) is 3. The molecule has 0 aromatic heterocycles. The molecular formula is C12H17NO2. The van der Waals surface area contributed by atoms with Crippen molar-refractivity contribution in [3.63, 3.8) is 0 Å². The summed E-state index contributed by atoms with van der Waals surface area (Å²) in [5, 5.41) is 19.4. The van der Waals surface area contributed by atoms with Crippen molar-refractivity contribution in [3.8, 4) is 5.75 Å². The van der Waals surface area contributed by atoms with Crippen LogP contribution in [0.1, 0.15) is 19.4 Å². The highest BCUT2D eigenvalue weighted by Gasteiger charge is 2.36. The Morgan fingerprint density at radius 1 is 1.40 bits per heavy atom. The molecule has 0 saturated heterocycles. The fourth-order valence-corrected chi connectivity index (χ4v) is 2.32. The molecule has 3 heteroatoms. The minimum atomic E-state index is -0.733. The average Bonchev–Trinajstić information content (AvgIpc) is 2.42. The van der Waals surface area contributed by atoms with Gasteiger partial charge in [0.2, 0.25) is 0 Å². The molecule has 0 amide bonds. The number of benzene rings is 1. The van der Waals surface area contributed by atoms with E-state index in [0.29, 0.717) is 5.75 Å². The second kappa shape index (κ2) is 3.14. The molecule has 3 nitrogen and oxygen atoms in total. The second-order valence-corrected chi connectivity index (χ2v) is 4.80. The second-order valence-electron chi connectivity index (χ2n) is 4.80. The number of rotatable bonds is 1. The molecular weight excluding hydrogens is 190 g/mol. The fourth-order valence-electron chi connectivity index (χ4n) is 2.32. The highest BCUT2D eigenvalue weighted by Crippen LogP contribution is 2.36. The van der Waals surface area contributed by atoms with Gasteiger partial charge in [0.1, 0.15) is 5.75 Å². The van der Waals surface area contributed by atoms with Crippen molar-refractivity contribution in [1.82, 2.24) is 0 Å². The Kier molecular flexibility index (Phi) is 2.15. The maximum Gasteiger partial charge on any atom is 0.116 e. The van der Waals surface area contributed by atoms with Crippen molar-refractivity contribution in [2.75, 3.05) is 11.9 Å². The number of phenolic OH excluding ortho intramolecular Hbond substituents is 1. The van der Waals surface area contributed by atoms with Gasteiger partial charge in [-0.2, -0.15) is 0 Å². The van der Waals surface area contributed by atoms with Gasteiger partial charge in [-0.1, -0.05) is 0 Å². The maximum absolute atomic E-state index is 10.0. The number of anilines is 1. The molecule has 1 aliphatic heterocycles. The smallest absolute Gasteiger partial charge is 0.116 e. The molecule has 2 N–H and O–H groups in total. The highest BCUT2D eigenvalue weighted by molar-refractivity contribution is 5.61. The lowest BCUT2D eigenvalue weighted by molar-refractivity contribution is 0.0533. The van der Waals surface area contributed by atoms with E-state index in [1.807, 2.05) is 27.0 Å². The summed E-state index contributed by atoms with van der Waals surface area (Å²) in [5.41, 5.74) is 1.47. The SMILES string of the molecule is CN1c2ccc(O)cc2CC1C(C)(C)O. The van der Waals surface area contributed by atoms with Gasteiger partial charge in [-0.3, -0.25) is 0 Å². The first-order chi connectivity index (χ1) is 6.89. The number of likely N-dealkylation sites (N-methyl/N-ethyl adjacent to an activating group) is 1. The van der Waals surface area contributed by atoms with Gasteiger partial charge in [-0.15, -0.1) is 0 Å². The lowest BCUT2D eigenvalue weighted by atomic mass is 9.95. The molecule has 1 aromatic rings. The van der Waals surface area contributed by atoms with Crippen molar-refractivity contribution in [1.29, 1.82) is 0 Å². The summed E-state index contributed by atoms with van der Waals surface area (Å²) in [6.07, 6.45) is 0.781. The van der Waals surface area contributed by atoms with Crippen LogP contribution < -0.4 is 4.90 Å². The molecule has 0 radical (unpaired) electrons. The number of aliphatic hydroxyl groups is 1. The van der Waals surface area contributed by atoms with Crippen molar-refractivity contribution < 1.29 is 10.2 Å². The molecule has 0 aliphatic carbocycles. The summed E-state index contributed by atoms with van der Waals surface area (Å²) in [6.45, 7) is 3.64. The van der Waals surface area contributed by atoms with Crippen LogP contribution in [0, 0.1) is 0 Å². The third kappa shape index (κ3) is 1.67. The van der Waals surface area contributed by atoms with Crippen LogP contribution in [0.5, 0.6) is 5.75 Å². The van der Waals surface area contributed by atoms with Gasteiger partial charge in [0.05, 0.1) is 11.6 Å². The molecule has 1 aliphatic rings. The normalized spacial score (nSPS) is 20.5. The Morgan fingerprint density at radius 3 is 2.67 bits per heavy atom. The van der Waals surface area contributed by atoms with E-state index in [0.717, 1.165) is 17.7 Å². The Balaban J connectivity index is 2.37. The van der Waals surface area contributed by atoms with Gasteiger partial charge in [-0.25, -0.2) is 0 Å². The number of nitrogens with zero attached hydrogens (tertiary/aromatic N) is 1. The first-order valence-corrected chi connectivity index (χ1v) is 5.16. The van der Waals surface area contributed by atoms with E-state index in [2.05, 4.69) is 4.90 Å². The standard InChI is InChI=1S/C12H17NO2/c1-12(2,15)11-7-8-6-9(14)4-5-10(8)13(11)3/h4-6,11,14-15H,7H2,1-3H3. The lowest BCUT2D eigenvalue weighted by Gasteiger charge is -2.32. The van der Waals surface area contributed by atoms with Gasteiger partial charge in [0.15, 0.2) is 0 Å². The molecule has 1 atom stereocenters. The van der Waals surface area contributed by atoms with Crippen LogP contribution in [0.4, 0.5) is 5.69 Å². The monoisotopic (exact) mass is 207 g/mol. The predicted molar refractivity (Wildman–Crippen MR) is 60.3 cm³/mol. The topological polar surface area (TPSA) is 43.7 Å². The molecule has 15 heavy (non-hydrogen) atoms. The molecule has 0 saturated carbocycles. The zero-order chi connectivity index (χ0) is 11.2. The van der Waals surface area contributed by atoms with Gasteiger partial charge >= 0.3 is 0 Å². The molecule has 0 bridgehead atoms. The van der Waals surface area contributed by atoms with Crippen LogP contribution in [0.2, 0.25) is 0 Å². The Hall–Kier alpha value is -1.22. The number of fused-ring (bicyclic) bond motifs is 1. The molecule has 1 heterocycles. The van der Waals surface area contributed by atoms with Crippen LogP contribution in [0.25, 0.3) is 0 Å². The summed E-state index contributed by atoms with van der Waals surface area (Å²) in [4.78, 5) is 2.08. The highest BCUT2D eigenvalue weighted by atomic mass is 16.3. The van der Waals surface area contributed by atoms with Crippen LogP contribution >= 0.6 is 0 Å². The van der Waals surface area contributed by atoms with E-state index < -0.39 is 5.60 Å². The first kappa shape index (κ1) is 10.3. The molecule has 1 unspecified atom stereocenters. The third-order valence-corrected chi connectivity index (χ3v) is 3.14. The van der Waals surface area contributed by atoms with Gasteiger partial charge in [0, 0.05) is 12.7 Å². The first-order valence-electron chi connectivity index (χ1n) is 5.16. The van der Waals surface area contributed by atoms with E-state index in [1.165, 1.54) is 0 Å². The minimum Gasteiger partial charge on any atom is -0.508 e. The molecule has 82 valence electrons. The molecule has 0 spiro atoms. The number of hydrogen-bond donors (Lipinski definition) is 2. The van der Waals surface area contributed by atoms with Gasteiger partial charge in [-0.05, 0) is 44.0 Å². The third-order valence-electron chi connectivity index (χ3n) is 3.14. The summed E-state index contributed by atoms with van der Waals surface area (Å²) in [5.74, 6) is 0.290. The van der Waals surface area contributed by atoms with Gasteiger partial charge in [0.25, 0.3) is 0 Å². The molecule has 2 rings (SSSR count). The van der Waals surface area contributed by atoms with E-state index in [4.69, 9.17) is 0 Å². The summed E-state index contributed by atoms with van der Waals surface area (Å²) in [6, 6.07) is 5.44. The van der Waals surface area contributed by atoms with E-state index in [9.17, 15) is 10.2 Å². The molecule has 0 fully saturated rings. The van der Waals surface area contributed by atoms with E-state index in [-0.39, 0.29) is 6.04 Å².